The van der Waals surface area contributed by atoms with Crippen molar-refractivity contribution >= 4 is 15.9 Å². The maximum Gasteiger partial charge on any atom is 0.214 e. The fourth-order valence-corrected chi connectivity index (χ4v) is 3.43. The first-order valence-electron chi connectivity index (χ1n) is 5.64. The summed E-state index contributed by atoms with van der Waals surface area (Å²) in [7, 11) is -3.09. The summed E-state index contributed by atoms with van der Waals surface area (Å²) < 4.78 is 25.1. The SMILES string of the molecule is CCCS(=O)(=O)N1CCC(C)(C(=N)N)CC1. The number of hydrogen-bond donors (Lipinski definition) is 2. The molecule has 1 fully saturated rings. The molecule has 0 amide bonds. The lowest BCUT2D eigenvalue weighted by molar-refractivity contribution is 0.240. The third-order valence-corrected chi connectivity index (χ3v) is 5.41. The average Bonchev–Trinajstić information content (AvgIpc) is 2.18. The second-order valence-corrected chi connectivity index (χ2v) is 6.78. The van der Waals surface area contributed by atoms with E-state index in [1.807, 2.05) is 13.8 Å². The molecule has 3 N–H and O–H groups in total. The molecule has 0 radical (unpaired) electrons. The Balaban J connectivity index is 2.66. The molecule has 16 heavy (non-hydrogen) atoms. The summed E-state index contributed by atoms with van der Waals surface area (Å²) in [5, 5.41) is 7.50. The number of rotatable bonds is 4. The van der Waals surface area contributed by atoms with Crippen molar-refractivity contribution in [2.24, 2.45) is 11.1 Å². The van der Waals surface area contributed by atoms with Crippen LogP contribution in [0.3, 0.4) is 0 Å². The molecule has 0 atom stereocenters. The van der Waals surface area contributed by atoms with Crippen LogP contribution in [0.5, 0.6) is 0 Å². The van der Waals surface area contributed by atoms with Crippen LogP contribution in [0.1, 0.15) is 33.1 Å². The second-order valence-electron chi connectivity index (χ2n) is 4.69. The maximum absolute atomic E-state index is 11.8. The zero-order valence-electron chi connectivity index (χ0n) is 9.99. The summed E-state index contributed by atoms with van der Waals surface area (Å²) >= 11 is 0. The number of nitrogens with one attached hydrogen (secondary N) is 1. The first-order valence-corrected chi connectivity index (χ1v) is 7.25. The van der Waals surface area contributed by atoms with E-state index in [0.717, 1.165) is 0 Å². The molecule has 0 spiro atoms. The molecular formula is C10H21N3O2S. The largest absolute Gasteiger partial charge is 0.387 e. The van der Waals surface area contributed by atoms with Crippen molar-refractivity contribution in [3.8, 4) is 0 Å². The molecule has 0 aromatic heterocycles. The Kier molecular flexibility index (Phi) is 3.96. The fraction of sp³-hybridized carbons (Fsp3) is 0.900. The van der Waals surface area contributed by atoms with Crippen LogP contribution in [0, 0.1) is 10.8 Å². The molecule has 94 valence electrons. The van der Waals surface area contributed by atoms with Gasteiger partial charge in [0, 0.05) is 18.5 Å². The van der Waals surface area contributed by atoms with Crippen LogP contribution in [-0.2, 0) is 10.0 Å². The van der Waals surface area contributed by atoms with Gasteiger partial charge in [0.2, 0.25) is 10.0 Å². The standard InChI is InChI=1S/C10H21N3O2S/c1-3-8-16(14,15)13-6-4-10(2,5-7-13)9(11)12/h3-8H2,1-2H3,(H3,11,12). The van der Waals surface area contributed by atoms with Gasteiger partial charge in [-0.15, -0.1) is 0 Å². The molecule has 6 heteroatoms. The number of piperidine rings is 1. The number of nitrogens with zero attached hydrogens (tertiary/aromatic N) is 1. The van der Waals surface area contributed by atoms with Gasteiger partial charge in [-0.1, -0.05) is 13.8 Å². The molecule has 1 heterocycles. The topological polar surface area (TPSA) is 87.2 Å². The van der Waals surface area contributed by atoms with Crippen LogP contribution >= 0.6 is 0 Å². The summed E-state index contributed by atoms with van der Waals surface area (Å²) in [6, 6.07) is 0. The molecule has 1 rings (SSSR count). The molecule has 0 aromatic carbocycles. The fourth-order valence-electron chi connectivity index (χ4n) is 1.91. The Hall–Kier alpha value is -0.620. The quantitative estimate of drug-likeness (QED) is 0.568. The monoisotopic (exact) mass is 247 g/mol. The highest BCUT2D eigenvalue weighted by Crippen LogP contribution is 2.31. The van der Waals surface area contributed by atoms with Crippen LogP contribution in [0.2, 0.25) is 0 Å². The van der Waals surface area contributed by atoms with Gasteiger partial charge < -0.3 is 5.73 Å². The van der Waals surface area contributed by atoms with Gasteiger partial charge >= 0.3 is 0 Å². The van der Waals surface area contributed by atoms with Crippen molar-refractivity contribution in [3.63, 3.8) is 0 Å². The first-order chi connectivity index (χ1) is 7.32. The Morgan fingerprint density at radius 2 is 1.94 bits per heavy atom. The van der Waals surface area contributed by atoms with E-state index in [-0.39, 0.29) is 17.0 Å². The Morgan fingerprint density at radius 3 is 2.31 bits per heavy atom. The molecule has 0 unspecified atom stereocenters. The maximum atomic E-state index is 11.8. The number of hydrogen-bond acceptors (Lipinski definition) is 3. The zero-order valence-corrected chi connectivity index (χ0v) is 10.8. The Bertz CT molecular complexity index is 356. The van der Waals surface area contributed by atoms with Crippen molar-refractivity contribution in [2.45, 2.75) is 33.1 Å². The molecular weight excluding hydrogens is 226 g/mol. The first kappa shape index (κ1) is 13.4. The molecule has 0 saturated carbocycles. The van der Waals surface area contributed by atoms with E-state index in [0.29, 0.717) is 32.4 Å². The summed E-state index contributed by atoms with van der Waals surface area (Å²) in [6.45, 7) is 4.76. The van der Waals surface area contributed by atoms with Crippen LogP contribution in [0.25, 0.3) is 0 Å². The van der Waals surface area contributed by atoms with Crippen LogP contribution in [-0.4, -0.2) is 37.4 Å². The predicted molar refractivity (Wildman–Crippen MR) is 64.9 cm³/mol. The molecule has 1 aliphatic rings. The van der Waals surface area contributed by atoms with Gasteiger partial charge in [-0.25, -0.2) is 12.7 Å². The van der Waals surface area contributed by atoms with Gasteiger partial charge in [-0.3, -0.25) is 5.41 Å². The normalized spacial score (nSPS) is 21.9. The van der Waals surface area contributed by atoms with E-state index >= 15 is 0 Å². The molecule has 1 saturated heterocycles. The highest BCUT2D eigenvalue weighted by atomic mass is 32.2. The van der Waals surface area contributed by atoms with Gasteiger partial charge in [0.15, 0.2) is 0 Å². The lowest BCUT2D eigenvalue weighted by Crippen LogP contribution is -2.47. The second kappa shape index (κ2) is 4.71. The van der Waals surface area contributed by atoms with Gasteiger partial charge in [-0.2, -0.15) is 0 Å². The third-order valence-electron chi connectivity index (χ3n) is 3.33. The molecule has 0 bridgehead atoms. The summed E-state index contributed by atoms with van der Waals surface area (Å²) in [5.41, 5.74) is 5.21. The lowest BCUT2D eigenvalue weighted by atomic mass is 9.80. The van der Waals surface area contributed by atoms with Crippen molar-refractivity contribution in [1.29, 1.82) is 5.41 Å². The number of amidine groups is 1. The van der Waals surface area contributed by atoms with Crippen molar-refractivity contribution in [1.82, 2.24) is 4.31 Å². The summed E-state index contributed by atoms with van der Waals surface area (Å²) in [4.78, 5) is 0. The minimum Gasteiger partial charge on any atom is -0.387 e. The third kappa shape index (κ3) is 2.74. The predicted octanol–water partition coefficient (Wildman–Crippen LogP) is 0.764. The minimum absolute atomic E-state index is 0.167. The molecule has 0 aromatic rings. The van der Waals surface area contributed by atoms with Crippen molar-refractivity contribution in [2.75, 3.05) is 18.8 Å². The van der Waals surface area contributed by atoms with Crippen LogP contribution in [0.4, 0.5) is 0 Å². The minimum atomic E-state index is -3.09. The lowest BCUT2D eigenvalue weighted by Gasteiger charge is -2.37. The van der Waals surface area contributed by atoms with E-state index < -0.39 is 10.0 Å². The summed E-state index contributed by atoms with van der Waals surface area (Å²) in [5.74, 6) is 0.379. The molecule has 0 aliphatic carbocycles. The Labute approximate surface area is 97.6 Å². The van der Waals surface area contributed by atoms with E-state index in [1.165, 1.54) is 4.31 Å². The zero-order chi connectivity index (χ0) is 12.4. The molecule has 5 nitrogen and oxygen atoms in total. The van der Waals surface area contributed by atoms with E-state index in [2.05, 4.69) is 0 Å². The average molecular weight is 247 g/mol. The highest BCUT2D eigenvalue weighted by molar-refractivity contribution is 7.89. The summed E-state index contributed by atoms with van der Waals surface area (Å²) in [6.07, 6.45) is 1.93. The van der Waals surface area contributed by atoms with Gasteiger partial charge in [-0.05, 0) is 19.3 Å². The van der Waals surface area contributed by atoms with E-state index in [9.17, 15) is 8.42 Å². The van der Waals surface area contributed by atoms with Crippen molar-refractivity contribution < 1.29 is 8.42 Å². The smallest absolute Gasteiger partial charge is 0.214 e. The van der Waals surface area contributed by atoms with Crippen molar-refractivity contribution in [3.05, 3.63) is 0 Å². The highest BCUT2D eigenvalue weighted by Gasteiger charge is 2.36. The number of sulfonamides is 1. The van der Waals surface area contributed by atoms with E-state index in [4.69, 9.17) is 11.1 Å². The van der Waals surface area contributed by atoms with Gasteiger partial charge in [0.25, 0.3) is 0 Å². The Morgan fingerprint density at radius 1 is 1.44 bits per heavy atom. The number of nitrogens with two attached hydrogens (primary N) is 1. The molecule has 1 aliphatic heterocycles. The van der Waals surface area contributed by atoms with Gasteiger partial charge in [0.05, 0.1) is 11.6 Å². The van der Waals surface area contributed by atoms with Gasteiger partial charge in [0.1, 0.15) is 0 Å². The van der Waals surface area contributed by atoms with Crippen LogP contribution in [0.15, 0.2) is 0 Å². The van der Waals surface area contributed by atoms with Crippen LogP contribution < -0.4 is 5.73 Å². The van der Waals surface area contributed by atoms with E-state index in [1.54, 1.807) is 0 Å².